The highest BCUT2D eigenvalue weighted by Gasteiger charge is 2.13. The Morgan fingerprint density at radius 3 is 2.94 bits per heavy atom. The lowest BCUT2D eigenvalue weighted by molar-refractivity contribution is 0.0297. The van der Waals surface area contributed by atoms with Gasteiger partial charge in [-0.1, -0.05) is 6.07 Å². The molecule has 0 saturated heterocycles. The van der Waals surface area contributed by atoms with E-state index in [2.05, 4.69) is 5.32 Å². The first-order valence-corrected chi connectivity index (χ1v) is 5.58. The molecule has 5 nitrogen and oxygen atoms in total. The number of halogens is 1. The molecule has 0 saturated carbocycles. The number of likely N-dealkylation sites (N-methyl/N-ethyl adjacent to an activating group) is 1. The Balaban J connectivity index is 0.00000162. The van der Waals surface area contributed by atoms with Crippen molar-refractivity contribution < 1.29 is 19.3 Å². The zero-order valence-electron chi connectivity index (χ0n) is 10.2. The average Bonchev–Trinajstić information content (AvgIpc) is 2.76. The van der Waals surface area contributed by atoms with Gasteiger partial charge in [-0.2, -0.15) is 0 Å². The molecular weight excluding hydrogens is 258 g/mol. The highest BCUT2D eigenvalue weighted by atomic mass is 35.5. The molecule has 0 aromatic heterocycles. The molecule has 0 aliphatic carbocycles. The van der Waals surface area contributed by atoms with Crippen LogP contribution >= 0.6 is 12.4 Å². The summed E-state index contributed by atoms with van der Waals surface area (Å²) in [7, 11) is 1.79. The Morgan fingerprint density at radius 1 is 1.39 bits per heavy atom. The standard InChI is InChI=1S/C12H17NO4.ClH/c1-13-5-10(14)7-15-6-9-2-3-11-12(4-9)17-8-16-11;/h2-4,10,13-14H,5-8H2,1H3;1H. The SMILES string of the molecule is CNCC(O)COCc1ccc2c(c1)OCO2.Cl. The van der Waals surface area contributed by atoms with Gasteiger partial charge < -0.3 is 24.6 Å². The number of aliphatic hydroxyl groups excluding tert-OH is 1. The fourth-order valence-electron chi connectivity index (χ4n) is 1.64. The van der Waals surface area contributed by atoms with Crippen molar-refractivity contribution in [2.24, 2.45) is 0 Å². The summed E-state index contributed by atoms with van der Waals surface area (Å²) in [5.41, 5.74) is 1.01. The lowest BCUT2D eigenvalue weighted by Crippen LogP contribution is -2.27. The van der Waals surface area contributed by atoms with Crippen LogP contribution in [-0.4, -0.2) is 38.2 Å². The van der Waals surface area contributed by atoms with Crippen LogP contribution in [0.15, 0.2) is 18.2 Å². The van der Waals surface area contributed by atoms with Gasteiger partial charge in [0.1, 0.15) is 0 Å². The van der Waals surface area contributed by atoms with Crippen LogP contribution in [0.25, 0.3) is 0 Å². The predicted octanol–water partition coefficient (Wildman–Crippen LogP) is 0.934. The van der Waals surface area contributed by atoms with Crippen molar-refractivity contribution >= 4 is 12.4 Å². The highest BCUT2D eigenvalue weighted by molar-refractivity contribution is 5.85. The van der Waals surface area contributed by atoms with Crippen LogP contribution in [0.5, 0.6) is 11.5 Å². The number of ether oxygens (including phenoxy) is 3. The van der Waals surface area contributed by atoms with E-state index in [0.29, 0.717) is 19.8 Å². The Morgan fingerprint density at radius 2 is 2.17 bits per heavy atom. The van der Waals surface area contributed by atoms with E-state index >= 15 is 0 Å². The molecule has 1 aromatic carbocycles. The zero-order valence-corrected chi connectivity index (χ0v) is 11.0. The summed E-state index contributed by atoms with van der Waals surface area (Å²) >= 11 is 0. The van der Waals surface area contributed by atoms with E-state index in [0.717, 1.165) is 17.1 Å². The third-order valence-electron chi connectivity index (χ3n) is 2.46. The monoisotopic (exact) mass is 275 g/mol. The van der Waals surface area contributed by atoms with E-state index in [1.54, 1.807) is 7.05 Å². The Labute approximate surface area is 112 Å². The molecule has 0 bridgehead atoms. The molecule has 18 heavy (non-hydrogen) atoms. The first-order chi connectivity index (χ1) is 8.29. The van der Waals surface area contributed by atoms with E-state index in [1.165, 1.54) is 0 Å². The van der Waals surface area contributed by atoms with Crippen molar-refractivity contribution in [3.63, 3.8) is 0 Å². The van der Waals surface area contributed by atoms with Crippen LogP contribution in [-0.2, 0) is 11.3 Å². The molecule has 1 atom stereocenters. The third-order valence-corrected chi connectivity index (χ3v) is 2.46. The second kappa shape index (κ2) is 7.43. The van der Waals surface area contributed by atoms with Crippen molar-refractivity contribution in [1.82, 2.24) is 5.32 Å². The minimum Gasteiger partial charge on any atom is -0.454 e. The van der Waals surface area contributed by atoms with E-state index in [4.69, 9.17) is 14.2 Å². The minimum atomic E-state index is -0.478. The van der Waals surface area contributed by atoms with Crippen molar-refractivity contribution in [3.05, 3.63) is 23.8 Å². The van der Waals surface area contributed by atoms with Gasteiger partial charge in [0.25, 0.3) is 0 Å². The van der Waals surface area contributed by atoms with Crippen molar-refractivity contribution in [2.75, 3.05) is 27.0 Å². The largest absolute Gasteiger partial charge is 0.454 e. The summed E-state index contributed by atoms with van der Waals surface area (Å²) in [6.45, 7) is 1.58. The van der Waals surface area contributed by atoms with Gasteiger partial charge in [-0.05, 0) is 24.7 Å². The maximum Gasteiger partial charge on any atom is 0.231 e. The second-order valence-electron chi connectivity index (χ2n) is 3.91. The maximum absolute atomic E-state index is 9.45. The van der Waals surface area contributed by atoms with Gasteiger partial charge in [-0.15, -0.1) is 12.4 Å². The molecule has 1 unspecified atom stereocenters. The van der Waals surface area contributed by atoms with Crippen LogP contribution < -0.4 is 14.8 Å². The Hall–Kier alpha value is -1.01. The van der Waals surface area contributed by atoms with Gasteiger partial charge in [0, 0.05) is 6.54 Å². The van der Waals surface area contributed by atoms with Gasteiger partial charge >= 0.3 is 0 Å². The number of benzene rings is 1. The van der Waals surface area contributed by atoms with Gasteiger partial charge in [0.05, 0.1) is 19.3 Å². The Kier molecular flexibility index (Phi) is 6.21. The van der Waals surface area contributed by atoms with Crippen LogP contribution in [0.2, 0.25) is 0 Å². The molecule has 0 spiro atoms. The molecule has 0 fully saturated rings. The van der Waals surface area contributed by atoms with Crippen molar-refractivity contribution in [3.8, 4) is 11.5 Å². The minimum absolute atomic E-state index is 0. The van der Waals surface area contributed by atoms with Crippen molar-refractivity contribution in [2.45, 2.75) is 12.7 Å². The van der Waals surface area contributed by atoms with Crippen LogP contribution in [0, 0.1) is 0 Å². The van der Waals surface area contributed by atoms with E-state index in [1.807, 2.05) is 18.2 Å². The highest BCUT2D eigenvalue weighted by Crippen LogP contribution is 2.32. The summed E-state index contributed by atoms with van der Waals surface area (Å²) in [5, 5.41) is 12.3. The normalized spacial score (nSPS) is 14.1. The second-order valence-corrected chi connectivity index (χ2v) is 3.91. The fourth-order valence-corrected chi connectivity index (χ4v) is 1.64. The third kappa shape index (κ3) is 4.03. The quantitative estimate of drug-likeness (QED) is 0.809. The summed E-state index contributed by atoms with van der Waals surface area (Å²) in [6.07, 6.45) is -0.478. The summed E-state index contributed by atoms with van der Waals surface area (Å²) in [4.78, 5) is 0. The van der Waals surface area contributed by atoms with Crippen LogP contribution in [0.3, 0.4) is 0 Å². The first kappa shape index (κ1) is 15.0. The topological polar surface area (TPSA) is 60.0 Å². The van der Waals surface area contributed by atoms with E-state index in [9.17, 15) is 5.11 Å². The van der Waals surface area contributed by atoms with Gasteiger partial charge in [-0.3, -0.25) is 0 Å². The number of rotatable bonds is 6. The zero-order chi connectivity index (χ0) is 12.1. The first-order valence-electron chi connectivity index (χ1n) is 5.58. The number of nitrogens with one attached hydrogen (secondary N) is 1. The molecular formula is C12H18ClNO4. The molecule has 1 aliphatic heterocycles. The molecule has 1 aliphatic rings. The molecule has 6 heteroatoms. The smallest absolute Gasteiger partial charge is 0.231 e. The van der Waals surface area contributed by atoms with Crippen molar-refractivity contribution in [1.29, 1.82) is 0 Å². The molecule has 0 amide bonds. The number of hydrogen-bond donors (Lipinski definition) is 2. The lowest BCUT2D eigenvalue weighted by Gasteiger charge is -2.10. The predicted molar refractivity (Wildman–Crippen MR) is 69.4 cm³/mol. The average molecular weight is 276 g/mol. The van der Waals surface area contributed by atoms with E-state index < -0.39 is 6.10 Å². The summed E-state index contributed by atoms with van der Waals surface area (Å²) < 4.78 is 15.9. The molecule has 0 radical (unpaired) electrons. The number of aliphatic hydroxyl groups is 1. The van der Waals surface area contributed by atoms with Crippen LogP contribution in [0.1, 0.15) is 5.56 Å². The number of hydrogen-bond acceptors (Lipinski definition) is 5. The van der Waals surface area contributed by atoms with Gasteiger partial charge in [0.15, 0.2) is 11.5 Å². The van der Waals surface area contributed by atoms with Gasteiger partial charge in [-0.25, -0.2) is 0 Å². The summed E-state index contributed by atoms with van der Waals surface area (Å²) in [5.74, 6) is 1.52. The molecule has 1 heterocycles. The van der Waals surface area contributed by atoms with Gasteiger partial charge in [0.2, 0.25) is 6.79 Å². The lowest BCUT2D eigenvalue weighted by atomic mass is 10.2. The molecule has 1 aromatic rings. The number of fused-ring (bicyclic) bond motifs is 1. The van der Waals surface area contributed by atoms with Crippen LogP contribution in [0.4, 0.5) is 0 Å². The molecule has 2 N–H and O–H groups in total. The molecule has 2 rings (SSSR count). The summed E-state index contributed by atoms with van der Waals surface area (Å²) in [6, 6.07) is 5.69. The Bertz CT molecular complexity index is 375. The maximum atomic E-state index is 9.45. The van der Waals surface area contributed by atoms with E-state index in [-0.39, 0.29) is 19.2 Å². The molecule has 102 valence electrons. The fraction of sp³-hybridized carbons (Fsp3) is 0.500.